The Morgan fingerprint density at radius 3 is 2.44 bits per heavy atom. The molecule has 1 aromatic carbocycles. The Kier molecular flexibility index (Phi) is 3.27. The van der Waals surface area contributed by atoms with Gasteiger partial charge >= 0.3 is 0 Å². The third kappa shape index (κ3) is 2.11. The summed E-state index contributed by atoms with van der Waals surface area (Å²) in [5.74, 6) is 0.333. The first-order chi connectivity index (χ1) is 7.53. The Labute approximate surface area is 105 Å². The summed E-state index contributed by atoms with van der Waals surface area (Å²) in [5.41, 5.74) is 8.13. The number of benzene rings is 1. The van der Waals surface area contributed by atoms with Crippen LogP contribution in [0.2, 0.25) is 0 Å². The van der Waals surface area contributed by atoms with Crippen LogP contribution in [0.4, 0.5) is 0 Å². The van der Waals surface area contributed by atoms with E-state index in [9.17, 15) is 5.11 Å². The Hall–Kier alpha value is -0.540. The molecule has 0 unspecified atom stereocenters. The summed E-state index contributed by atoms with van der Waals surface area (Å²) in [4.78, 5) is 0. The standard InChI is InChI=1S/C13H18BrNO/c1-9-11(14)7-10(8-12(9)16)13(15)5-3-2-4-6-13/h7-8,16H,2-6,15H2,1H3. The fourth-order valence-electron chi connectivity index (χ4n) is 2.42. The van der Waals surface area contributed by atoms with E-state index in [0.717, 1.165) is 28.4 Å². The molecule has 3 N–H and O–H groups in total. The predicted molar refractivity (Wildman–Crippen MR) is 69.5 cm³/mol. The molecule has 2 rings (SSSR count). The van der Waals surface area contributed by atoms with Gasteiger partial charge in [0.15, 0.2) is 0 Å². The number of nitrogens with two attached hydrogens (primary N) is 1. The molecular weight excluding hydrogens is 266 g/mol. The Bertz CT molecular complexity index is 374. The maximum atomic E-state index is 9.84. The monoisotopic (exact) mass is 283 g/mol. The molecule has 1 fully saturated rings. The molecule has 88 valence electrons. The molecule has 2 nitrogen and oxygen atoms in total. The average molecular weight is 284 g/mol. The van der Waals surface area contributed by atoms with Gasteiger partial charge in [-0.15, -0.1) is 0 Å². The molecule has 0 aliphatic heterocycles. The summed E-state index contributed by atoms with van der Waals surface area (Å²) >= 11 is 3.47. The van der Waals surface area contributed by atoms with Gasteiger partial charge in [0.1, 0.15) is 5.75 Å². The van der Waals surface area contributed by atoms with E-state index in [1.807, 2.05) is 13.0 Å². The van der Waals surface area contributed by atoms with Gasteiger partial charge in [0.25, 0.3) is 0 Å². The molecule has 0 saturated heterocycles. The normalized spacial score (nSPS) is 19.7. The first-order valence-corrected chi connectivity index (χ1v) is 6.61. The second kappa shape index (κ2) is 4.38. The van der Waals surface area contributed by atoms with Crippen LogP contribution in [-0.2, 0) is 5.54 Å². The van der Waals surface area contributed by atoms with Gasteiger partial charge in [0.2, 0.25) is 0 Å². The Morgan fingerprint density at radius 2 is 1.88 bits per heavy atom. The molecule has 0 aromatic heterocycles. The zero-order valence-corrected chi connectivity index (χ0v) is 11.2. The number of phenols is 1. The lowest BCUT2D eigenvalue weighted by Gasteiger charge is -2.34. The zero-order valence-electron chi connectivity index (χ0n) is 9.59. The number of halogens is 1. The van der Waals surface area contributed by atoms with Gasteiger partial charge in [-0.05, 0) is 37.5 Å². The van der Waals surface area contributed by atoms with Gasteiger partial charge in [-0.25, -0.2) is 0 Å². The maximum absolute atomic E-state index is 9.84. The second-order valence-electron chi connectivity index (χ2n) is 4.82. The van der Waals surface area contributed by atoms with Gasteiger partial charge < -0.3 is 10.8 Å². The zero-order chi connectivity index (χ0) is 11.8. The van der Waals surface area contributed by atoms with Crippen LogP contribution < -0.4 is 5.73 Å². The van der Waals surface area contributed by atoms with Crippen molar-refractivity contribution in [1.82, 2.24) is 0 Å². The van der Waals surface area contributed by atoms with E-state index in [2.05, 4.69) is 22.0 Å². The number of aromatic hydroxyl groups is 1. The quantitative estimate of drug-likeness (QED) is 0.828. The summed E-state index contributed by atoms with van der Waals surface area (Å²) in [6.45, 7) is 1.90. The first-order valence-electron chi connectivity index (χ1n) is 5.81. The molecule has 0 amide bonds. The first kappa shape index (κ1) is 11.9. The van der Waals surface area contributed by atoms with Crippen molar-refractivity contribution in [3.63, 3.8) is 0 Å². The van der Waals surface area contributed by atoms with E-state index < -0.39 is 0 Å². The van der Waals surface area contributed by atoms with Crippen LogP contribution in [0, 0.1) is 6.92 Å². The van der Waals surface area contributed by atoms with Crippen molar-refractivity contribution in [2.75, 3.05) is 0 Å². The average Bonchev–Trinajstić information content (AvgIpc) is 2.26. The number of phenolic OH excluding ortho intramolecular Hbond substituents is 1. The Morgan fingerprint density at radius 1 is 1.25 bits per heavy atom. The van der Waals surface area contributed by atoms with Crippen molar-refractivity contribution in [2.45, 2.75) is 44.6 Å². The molecule has 0 atom stereocenters. The highest BCUT2D eigenvalue weighted by atomic mass is 79.9. The summed E-state index contributed by atoms with van der Waals surface area (Å²) in [6.07, 6.45) is 5.67. The van der Waals surface area contributed by atoms with Crippen LogP contribution >= 0.6 is 15.9 Å². The smallest absolute Gasteiger partial charge is 0.119 e. The lowest BCUT2D eigenvalue weighted by Crippen LogP contribution is -2.38. The summed E-state index contributed by atoms with van der Waals surface area (Å²) in [5, 5.41) is 9.84. The predicted octanol–water partition coefficient (Wildman–Crippen LogP) is 3.58. The minimum absolute atomic E-state index is 0.244. The molecule has 0 spiro atoms. The molecule has 1 aromatic rings. The minimum Gasteiger partial charge on any atom is -0.508 e. The lowest BCUT2D eigenvalue weighted by molar-refractivity contribution is 0.301. The van der Waals surface area contributed by atoms with Gasteiger partial charge in [-0.1, -0.05) is 35.2 Å². The number of rotatable bonds is 1. The van der Waals surface area contributed by atoms with E-state index in [1.54, 1.807) is 0 Å². The molecule has 0 heterocycles. The number of hydrogen-bond donors (Lipinski definition) is 2. The van der Waals surface area contributed by atoms with Crippen LogP contribution in [0.25, 0.3) is 0 Å². The molecule has 16 heavy (non-hydrogen) atoms. The van der Waals surface area contributed by atoms with Crippen molar-refractivity contribution in [3.8, 4) is 5.75 Å². The molecule has 0 bridgehead atoms. The largest absolute Gasteiger partial charge is 0.508 e. The maximum Gasteiger partial charge on any atom is 0.119 e. The molecule has 1 aliphatic carbocycles. The summed E-state index contributed by atoms with van der Waals surface area (Å²) < 4.78 is 0.942. The van der Waals surface area contributed by atoms with E-state index in [-0.39, 0.29) is 5.54 Å². The van der Waals surface area contributed by atoms with Gasteiger partial charge in [-0.2, -0.15) is 0 Å². The Balaban J connectivity index is 2.39. The second-order valence-corrected chi connectivity index (χ2v) is 5.67. The van der Waals surface area contributed by atoms with E-state index in [1.165, 1.54) is 19.3 Å². The summed E-state index contributed by atoms with van der Waals surface area (Å²) in [6, 6.07) is 3.88. The van der Waals surface area contributed by atoms with E-state index in [0.29, 0.717) is 5.75 Å². The third-order valence-corrected chi connectivity index (χ3v) is 4.46. The van der Waals surface area contributed by atoms with E-state index >= 15 is 0 Å². The molecule has 3 heteroatoms. The number of hydrogen-bond acceptors (Lipinski definition) is 2. The topological polar surface area (TPSA) is 46.2 Å². The van der Waals surface area contributed by atoms with Crippen LogP contribution in [0.15, 0.2) is 16.6 Å². The molecule has 1 saturated carbocycles. The third-order valence-electron chi connectivity index (χ3n) is 3.64. The molecular formula is C13H18BrNO. The molecule has 1 aliphatic rings. The highest BCUT2D eigenvalue weighted by molar-refractivity contribution is 9.10. The van der Waals surface area contributed by atoms with Gasteiger partial charge in [0.05, 0.1) is 0 Å². The van der Waals surface area contributed by atoms with Crippen molar-refractivity contribution in [2.24, 2.45) is 5.73 Å². The lowest BCUT2D eigenvalue weighted by atomic mass is 9.77. The SMILES string of the molecule is Cc1c(O)cc(C2(N)CCCCC2)cc1Br. The van der Waals surface area contributed by atoms with Crippen molar-refractivity contribution in [3.05, 3.63) is 27.7 Å². The fraction of sp³-hybridized carbons (Fsp3) is 0.538. The van der Waals surface area contributed by atoms with E-state index in [4.69, 9.17) is 5.73 Å². The van der Waals surface area contributed by atoms with Crippen molar-refractivity contribution >= 4 is 15.9 Å². The highest BCUT2D eigenvalue weighted by Crippen LogP contribution is 2.38. The highest BCUT2D eigenvalue weighted by Gasteiger charge is 2.30. The van der Waals surface area contributed by atoms with Crippen LogP contribution in [0.3, 0.4) is 0 Å². The van der Waals surface area contributed by atoms with Gasteiger partial charge in [0, 0.05) is 15.6 Å². The molecule has 0 radical (unpaired) electrons. The van der Waals surface area contributed by atoms with Crippen LogP contribution in [-0.4, -0.2) is 5.11 Å². The van der Waals surface area contributed by atoms with Gasteiger partial charge in [-0.3, -0.25) is 0 Å². The van der Waals surface area contributed by atoms with Crippen LogP contribution in [0.5, 0.6) is 5.75 Å². The fourth-order valence-corrected chi connectivity index (χ4v) is 2.87. The van der Waals surface area contributed by atoms with Crippen molar-refractivity contribution < 1.29 is 5.11 Å². The minimum atomic E-state index is -0.244. The van der Waals surface area contributed by atoms with Crippen molar-refractivity contribution in [1.29, 1.82) is 0 Å². The summed E-state index contributed by atoms with van der Waals surface area (Å²) in [7, 11) is 0. The van der Waals surface area contributed by atoms with Crippen LogP contribution in [0.1, 0.15) is 43.2 Å².